The molecular formula is C23H32N6O7. The molecule has 13 heteroatoms. The molecule has 1 saturated heterocycles. The summed E-state index contributed by atoms with van der Waals surface area (Å²) in [7, 11) is 0. The summed E-state index contributed by atoms with van der Waals surface area (Å²) in [6.07, 6.45) is 0.330. The molecule has 1 aromatic rings. The second-order valence-electron chi connectivity index (χ2n) is 8.54. The first-order valence-electron chi connectivity index (χ1n) is 11.5. The summed E-state index contributed by atoms with van der Waals surface area (Å²) in [6, 6.07) is 4.34. The molecule has 0 bridgehead atoms. The van der Waals surface area contributed by atoms with Crippen LogP contribution in [0.5, 0.6) is 0 Å². The van der Waals surface area contributed by atoms with Crippen LogP contribution in [0.3, 0.4) is 0 Å². The first kappa shape index (κ1) is 28.2. The van der Waals surface area contributed by atoms with Crippen molar-refractivity contribution in [3.63, 3.8) is 0 Å². The van der Waals surface area contributed by atoms with E-state index in [4.69, 9.17) is 11.5 Å². The van der Waals surface area contributed by atoms with Crippen LogP contribution < -0.4 is 32.7 Å². The number of amides is 5. The Morgan fingerprint density at radius 3 is 2.11 bits per heavy atom. The lowest BCUT2D eigenvalue weighted by atomic mass is 10.0. The van der Waals surface area contributed by atoms with Crippen molar-refractivity contribution in [1.29, 1.82) is 0 Å². The predicted octanol–water partition coefficient (Wildman–Crippen LogP) is -2.34. The largest absolute Gasteiger partial charge is 0.480 e. The van der Waals surface area contributed by atoms with Crippen molar-refractivity contribution >= 4 is 35.5 Å². The zero-order valence-electron chi connectivity index (χ0n) is 19.7. The Hall–Kier alpha value is -4.00. The molecule has 1 aromatic carbocycles. The number of aliphatic carboxylic acids is 1. The Labute approximate surface area is 207 Å². The van der Waals surface area contributed by atoms with Crippen LogP contribution in [-0.4, -0.2) is 71.3 Å². The standard InChI is InChI=1S/C23H32N6O7/c24-18(30)9-8-15(23(35)36)27-22(34)17(12-19(25)31)29-21(33)16(11-13-5-2-1-3-6-13)28-20(32)14-7-4-10-26-14/h1-3,5-6,14-17,26H,4,7-12H2,(H2,24,30)(H2,25,31)(H,27,34)(H,28,32)(H,29,33)(H,35,36). The van der Waals surface area contributed by atoms with Gasteiger partial charge in [-0.05, 0) is 31.4 Å². The quantitative estimate of drug-likeness (QED) is 0.145. The summed E-state index contributed by atoms with van der Waals surface area (Å²) in [6.45, 7) is 0.676. The monoisotopic (exact) mass is 504 g/mol. The van der Waals surface area contributed by atoms with E-state index >= 15 is 0 Å². The van der Waals surface area contributed by atoms with Gasteiger partial charge in [-0.3, -0.25) is 24.0 Å². The molecule has 0 spiro atoms. The van der Waals surface area contributed by atoms with Gasteiger partial charge in [0.15, 0.2) is 0 Å². The highest BCUT2D eigenvalue weighted by Gasteiger charge is 2.32. The molecule has 4 atom stereocenters. The lowest BCUT2D eigenvalue weighted by Gasteiger charge is -2.25. The molecule has 0 aromatic heterocycles. The lowest BCUT2D eigenvalue weighted by molar-refractivity contribution is -0.142. The van der Waals surface area contributed by atoms with E-state index < -0.39 is 60.2 Å². The van der Waals surface area contributed by atoms with Crippen LogP contribution in [0.4, 0.5) is 0 Å². The van der Waals surface area contributed by atoms with Crippen LogP contribution in [0.1, 0.15) is 37.7 Å². The van der Waals surface area contributed by atoms with E-state index in [-0.39, 0.29) is 25.2 Å². The van der Waals surface area contributed by atoms with E-state index in [9.17, 15) is 33.9 Å². The van der Waals surface area contributed by atoms with Gasteiger partial charge in [0.2, 0.25) is 29.5 Å². The van der Waals surface area contributed by atoms with E-state index in [0.717, 1.165) is 12.0 Å². The molecule has 13 nitrogen and oxygen atoms in total. The smallest absolute Gasteiger partial charge is 0.326 e. The molecular weight excluding hydrogens is 472 g/mol. The molecule has 36 heavy (non-hydrogen) atoms. The summed E-state index contributed by atoms with van der Waals surface area (Å²) in [4.78, 5) is 72.7. The van der Waals surface area contributed by atoms with Crippen LogP contribution in [0.25, 0.3) is 0 Å². The van der Waals surface area contributed by atoms with Crippen LogP contribution >= 0.6 is 0 Å². The third kappa shape index (κ3) is 9.33. The van der Waals surface area contributed by atoms with Gasteiger partial charge in [-0.2, -0.15) is 0 Å². The summed E-state index contributed by atoms with van der Waals surface area (Å²) in [5, 5.41) is 19.7. The number of carboxylic acids is 1. The first-order chi connectivity index (χ1) is 17.1. The van der Waals surface area contributed by atoms with E-state index in [1.807, 2.05) is 0 Å². The highest BCUT2D eigenvalue weighted by molar-refractivity contribution is 5.96. The number of nitrogens with one attached hydrogen (secondary N) is 4. The zero-order valence-corrected chi connectivity index (χ0v) is 19.7. The Morgan fingerprint density at radius 1 is 0.917 bits per heavy atom. The van der Waals surface area contributed by atoms with Crippen molar-refractivity contribution in [2.45, 2.75) is 62.7 Å². The molecule has 0 radical (unpaired) electrons. The van der Waals surface area contributed by atoms with Gasteiger partial charge in [0.05, 0.1) is 12.5 Å². The number of nitrogens with two attached hydrogens (primary N) is 2. The molecule has 2 rings (SSSR count). The fourth-order valence-corrected chi connectivity index (χ4v) is 3.74. The first-order valence-corrected chi connectivity index (χ1v) is 11.5. The van der Waals surface area contributed by atoms with Crippen molar-refractivity contribution in [3.05, 3.63) is 35.9 Å². The molecule has 4 unspecified atom stereocenters. The normalized spacial score (nSPS) is 17.3. The molecule has 1 aliphatic rings. The minimum atomic E-state index is -1.51. The number of hydrogen-bond acceptors (Lipinski definition) is 7. The fraction of sp³-hybridized carbons (Fsp3) is 0.478. The molecule has 5 amide bonds. The summed E-state index contributed by atoms with van der Waals surface area (Å²) in [5.41, 5.74) is 11.0. The van der Waals surface area contributed by atoms with Gasteiger partial charge in [-0.15, -0.1) is 0 Å². The lowest BCUT2D eigenvalue weighted by Crippen LogP contribution is -2.58. The predicted molar refractivity (Wildman–Crippen MR) is 127 cm³/mol. The van der Waals surface area contributed by atoms with Crippen molar-refractivity contribution in [2.24, 2.45) is 11.5 Å². The average Bonchev–Trinajstić information content (AvgIpc) is 3.36. The maximum Gasteiger partial charge on any atom is 0.326 e. The minimum absolute atomic E-state index is 0.104. The van der Waals surface area contributed by atoms with Gasteiger partial charge in [-0.1, -0.05) is 30.3 Å². The summed E-state index contributed by atoms with van der Waals surface area (Å²) < 4.78 is 0. The van der Waals surface area contributed by atoms with Crippen LogP contribution in [0, 0.1) is 0 Å². The maximum absolute atomic E-state index is 13.2. The van der Waals surface area contributed by atoms with Gasteiger partial charge in [0.1, 0.15) is 18.1 Å². The number of primary amides is 2. The zero-order chi connectivity index (χ0) is 26.7. The number of hydrogen-bond donors (Lipinski definition) is 7. The Bertz CT molecular complexity index is 965. The Kier molecular flexibility index (Phi) is 10.8. The highest BCUT2D eigenvalue weighted by Crippen LogP contribution is 2.09. The van der Waals surface area contributed by atoms with E-state index in [2.05, 4.69) is 21.3 Å². The second-order valence-corrected chi connectivity index (χ2v) is 8.54. The number of carbonyl (C=O) groups is 6. The Morgan fingerprint density at radius 2 is 1.56 bits per heavy atom. The number of carbonyl (C=O) groups excluding carboxylic acids is 5. The fourth-order valence-electron chi connectivity index (χ4n) is 3.74. The molecule has 196 valence electrons. The number of carboxylic acid groups (broad SMARTS) is 1. The second kappa shape index (κ2) is 13.8. The van der Waals surface area contributed by atoms with Gasteiger partial charge in [-0.25, -0.2) is 4.79 Å². The van der Waals surface area contributed by atoms with Crippen molar-refractivity contribution in [2.75, 3.05) is 6.54 Å². The topological polar surface area (TPSA) is 223 Å². The van der Waals surface area contributed by atoms with E-state index in [0.29, 0.717) is 13.0 Å². The summed E-state index contributed by atoms with van der Waals surface area (Å²) >= 11 is 0. The average molecular weight is 505 g/mol. The van der Waals surface area contributed by atoms with Crippen LogP contribution in [0.15, 0.2) is 30.3 Å². The SMILES string of the molecule is NC(=O)CCC(NC(=O)C(CC(N)=O)NC(=O)C(Cc1ccccc1)NC(=O)C1CCCN1)C(=O)O. The van der Waals surface area contributed by atoms with E-state index in [1.54, 1.807) is 30.3 Å². The van der Waals surface area contributed by atoms with Crippen molar-refractivity contribution < 1.29 is 33.9 Å². The highest BCUT2D eigenvalue weighted by atomic mass is 16.4. The molecule has 1 aliphatic heterocycles. The Balaban J connectivity index is 2.17. The maximum atomic E-state index is 13.2. The molecule has 9 N–H and O–H groups in total. The van der Waals surface area contributed by atoms with Gasteiger partial charge in [0, 0.05) is 12.8 Å². The number of rotatable bonds is 14. The van der Waals surface area contributed by atoms with Crippen molar-refractivity contribution in [3.8, 4) is 0 Å². The van der Waals surface area contributed by atoms with E-state index in [1.165, 1.54) is 0 Å². The third-order valence-electron chi connectivity index (χ3n) is 5.62. The van der Waals surface area contributed by atoms with Gasteiger partial charge >= 0.3 is 5.97 Å². The minimum Gasteiger partial charge on any atom is -0.480 e. The molecule has 0 aliphatic carbocycles. The van der Waals surface area contributed by atoms with Gasteiger partial charge < -0.3 is 37.8 Å². The third-order valence-corrected chi connectivity index (χ3v) is 5.62. The molecule has 0 saturated carbocycles. The van der Waals surface area contributed by atoms with Crippen LogP contribution in [-0.2, 0) is 35.2 Å². The van der Waals surface area contributed by atoms with Crippen molar-refractivity contribution in [1.82, 2.24) is 21.3 Å². The number of benzene rings is 1. The molecule has 1 fully saturated rings. The molecule has 1 heterocycles. The van der Waals surface area contributed by atoms with Crippen LogP contribution in [0.2, 0.25) is 0 Å². The summed E-state index contributed by atoms with van der Waals surface area (Å²) in [5.74, 6) is -5.22. The van der Waals surface area contributed by atoms with Gasteiger partial charge in [0.25, 0.3) is 0 Å².